The summed E-state index contributed by atoms with van der Waals surface area (Å²) in [5.74, 6) is 5.80. The zero-order valence-corrected chi connectivity index (χ0v) is 6.69. The van der Waals surface area contributed by atoms with E-state index in [0.29, 0.717) is 11.3 Å². The standard InChI is InChI=1S/C7H10N4O/c1-12-6-4-10-3-2-5(6)7(8)11-9/h2-4H,9H2,1H3,(H2,8,11). The summed E-state index contributed by atoms with van der Waals surface area (Å²) in [6.07, 6.45) is 3.14. The van der Waals surface area contributed by atoms with Gasteiger partial charge in [0.05, 0.1) is 18.9 Å². The van der Waals surface area contributed by atoms with E-state index in [4.69, 9.17) is 16.3 Å². The van der Waals surface area contributed by atoms with Crippen molar-refractivity contribution in [3.63, 3.8) is 0 Å². The highest BCUT2D eigenvalue weighted by molar-refractivity contribution is 5.99. The molecule has 12 heavy (non-hydrogen) atoms. The number of rotatable bonds is 2. The number of hydrogen-bond acceptors (Lipinski definition) is 4. The number of hydrogen-bond donors (Lipinski definition) is 2. The summed E-state index contributed by atoms with van der Waals surface area (Å²) in [7, 11) is 1.53. The smallest absolute Gasteiger partial charge is 0.154 e. The van der Waals surface area contributed by atoms with Crippen LogP contribution in [-0.4, -0.2) is 17.9 Å². The van der Waals surface area contributed by atoms with Gasteiger partial charge >= 0.3 is 0 Å². The summed E-state index contributed by atoms with van der Waals surface area (Å²) >= 11 is 0. The lowest BCUT2D eigenvalue weighted by atomic mass is 10.2. The third-order valence-corrected chi connectivity index (χ3v) is 1.42. The maximum Gasteiger partial charge on any atom is 0.154 e. The number of ether oxygens (including phenoxy) is 1. The number of hydrazone groups is 1. The normalized spacial score (nSPS) is 11.2. The van der Waals surface area contributed by atoms with Crippen LogP contribution in [0.5, 0.6) is 5.75 Å². The Morgan fingerprint density at radius 1 is 1.67 bits per heavy atom. The molecule has 1 rings (SSSR count). The van der Waals surface area contributed by atoms with Gasteiger partial charge in [-0.15, -0.1) is 0 Å². The molecule has 1 heterocycles. The lowest BCUT2D eigenvalue weighted by Crippen LogP contribution is -2.16. The van der Waals surface area contributed by atoms with Gasteiger partial charge in [-0.3, -0.25) is 4.98 Å². The second kappa shape index (κ2) is 3.56. The summed E-state index contributed by atoms with van der Waals surface area (Å²) in [6.45, 7) is 0. The molecule has 0 spiro atoms. The van der Waals surface area contributed by atoms with Crippen LogP contribution < -0.4 is 16.3 Å². The third kappa shape index (κ3) is 1.45. The van der Waals surface area contributed by atoms with Crippen LogP contribution in [0, 0.1) is 0 Å². The van der Waals surface area contributed by atoms with E-state index >= 15 is 0 Å². The minimum atomic E-state index is 0.231. The average Bonchev–Trinajstić information content (AvgIpc) is 2.16. The van der Waals surface area contributed by atoms with Crippen molar-refractivity contribution in [1.29, 1.82) is 0 Å². The van der Waals surface area contributed by atoms with Crippen LogP contribution >= 0.6 is 0 Å². The van der Waals surface area contributed by atoms with E-state index in [2.05, 4.69) is 10.1 Å². The Balaban J connectivity index is 3.13. The van der Waals surface area contributed by atoms with Crippen LogP contribution in [0.1, 0.15) is 5.56 Å². The fraction of sp³-hybridized carbons (Fsp3) is 0.143. The highest BCUT2D eigenvalue weighted by Crippen LogP contribution is 2.14. The lowest BCUT2D eigenvalue weighted by Gasteiger charge is -2.04. The van der Waals surface area contributed by atoms with Crippen molar-refractivity contribution in [3.05, 3.63) is 24.0 Å². The van der Waals surface area contributed by atoms with E-state index in [1.54, 1.807) is 18.5 Å². The van der Waals surface area contributed by atoms with E-state index in [9.17, 15) is 0 Å². The summed E-state index contributed by atoms with van der Waals surface area (Å²) in [5.41, 5.74) is 6.14. The maximum atomic E-state index is 5.49. The number of amidine groups is 1. The molecule has 4 N–H and O–H groups in total. The molecule has 0 unspecified atom stereocenters. The molecule has 1 aromatic rings. The van der Waals surface area contributed by atoms with Gasteiger partial charge in [0, 0.05) is 6.20 Å². The molecule has 0 aliphatic heterocycles. The molecule has 0 aliphatic carbocycles. The largest absolute Gasteiger partial charge is 0.494 e. The molecule has 0 bridgehead atoms. The first-order valence-corrected chi connectivity index (χ1v) is 3.31. The first-order chi connectivity index (χ1) is 5.79. The fourth-order valence-corrected chi connectivity index (χ4v) is 0.824. The monoisotopic (exact) mass is 166 g/mol. The molecular weight excluding hydrogens is 156 g/mol. The predicted molar refractivity (Wildman–Crippen MR) is 45.7 cm³/mol. The van der Waals surface area contributed by atoms with Crippen molar-refractivity contribution in [2.24, 2.45) is 16.7 Å². The molecule has 64 valence electrons. The van der Waals surface area contributed by atoms with Crippen molar-refractivity contribution < 1.29 is 4.74 Å². The zero-order valence-electron chi connectivity index (χ0n) is 6.69. The lowest BCUT2D eigenvalue weighted by molar-refractivity contribution is 0.412. The zero-order chi connectivity index (χ0) is 8.97. The van der Waals surface area contributed by atoms with Crippen molar-refractivity contribution >= 4 is 5.84 Å². The minimum absolute atomic E-state index is 0.231. The molecule has 0 radical (unpaired) electrons. The summed E-state index contributed by atoms with van der Waals surface area (Å²) in [6, 6.07) is 1.69. The number of nitrogens with two attached hydrogens (primary N) is 2. The molecular formula is C7H10N4O. The Kier molecular flexibility index (Phi) is 2.47. The molecule has 5 heteroatoms. The van der Waals surface area contributed by atoms with Gasteiger partial charge < -0.3 is 16.3 Å². The summed E-state index contributed by atoms with van der Waals surface area (Å²) < 4.78 is 4.99. The molecule has 0 amide bonds. The van der Waals surface area contributed by atoms with Crippen LogP contribution in [0.2, 0.25) is 0 Å². The van der Waals surface area contributed by atoms with Gasteiger partial charge in [0.2, 0.25) is 0 Å². The Morgan fingerprint density at radius 3 is 3.00 bits per heavy atom. The predicted octanol–water partition coefficient (Wildman–Crippen LogP) is -0.331. The molecule has 0 fully saturated rings. The van der Waals surface area contributed by atoms with Crippen LogP contribution in [-0.2, 0) is 0 Å². The van der Waals surface area contributed by atoms with Gasteiger partial charge in [-0.25, -0.2) is 0 Å². The van der Waals surface area contributed by atoms with Gasteiger partial charge in [-0.05, 0) is 6.07 Å². The van der Waals surface area contributed by atoms with Crippen LogP contribution in [0.4, 0.5) is 0 Å². The Labute approximate surface area is 70.0 Å². The minimum Gasteiger partial charge on any atom is -0.494 e. The van der Waals surface area contributed by atoms with E-state index < -0.39 is 0 Å². The number of methoxy groups -OCH3 is 1. The first kappa shape index (κ1) is 8.32. The molecule has 0 atom stereocenters. The highest BCUT2D eigenvalue weighted by atomic mass is 16.5. The molecule has 1 aromatic heterocycles. The van der Waals surface area contributed by atoms with Crippen LogP contribution in [0.3, 0.4) is 0 Å². The van der Waals surface area contributed by atoms with Gasteiger partial charge in [-0.2, -0.15) is 5.10 Å². The van der Waals surface area contributed by atoms with Crippen molar-refractivity contribution in [2.45, 2.75) is 0 Å². The van der Waals surface area contributed by atoms with E-state index in [0.717, 1.165) is 0 Å². The third-order valence-electron chi connectivity index (χ3n) is 1.42. The second-order valence-corrected chi connectivity index (χ2v) is 2.09. The molecule has 0 saturated heterocycles. The summed E-state index contributed by atoms with van der Waals surface area (Å²) in [4.78, 5) is 3.86. The van der Waals surface area contributed by atoms with Crippen LogP contribution in [0.15, 0.2) is 23.6 Å². The Hall–Kier alpha value is -1.78. The summed E-state index contributed by atoms with van der Waals surface area (Å²) in [5, 5.41) is 3.35. The van der Waals surface area contributed by atoms with Gasteiger partial charge in [-0.1, -0.05) is 0 Å². The molecule has 0 aliphatic rings. The van der Waals surface area contributed by atoms with E-state index in [1.807, 2.05) is 0 Å². The van der Waals surface area contributed by atoms with Crippen molar-refractivity contribution in [2.75, 3.05) is 7.11 Å². The molecule has 5 nitrogen and oxygen atoms in total. The second-order valence-electron chi connectivity index (χ2n) is 2.09. The quantitative estimate of drug-likeness (QED) is 0.272. The maximum absolute atomic E-state index is 5.49. The number of aromatic nitrogens is 1. The highest BCUT2D eigenvalue weighted by Gasteiger charge is 2.04. The number of pyridine rings is 1. The first-order valence-electron chi connectivity index (χ1n) is 3.31. The van der Waals surface area contributed by atoms with Gasteiger partial charge in [0.15, 0.2) is 5.84 Å². The van der Waals surface area contributed by atoms with Gasteiger partial charge in [0.25, 0.3) is 0 Å². The molecule has 0 aromatic carbocycles. The van der Waals surface area contributed by atoms with E-state index in [1.165, 1.54) is 7.11 Å². The number of nitrogens with zero attached hydrogens (tertiary/aromatic N) is 2. The topological polar surface area (TPSA) is 86.5 Å². The Bertz CT molecular complexity index is 297. The van der Waals surface area contributed by atoms with Crippen LogP contribution in [0.25, 0.3) is 0 Å². The van der Waals surface area contributed by atoms with Crippen molar-refractivity contribution in [3.8, 4) is 5.75 Å². The van der Waals surface area contributed by atoms with E-state index in [-0.39, 0.29) is 5.84 Å². The fourth-order valence-electron chi connectivity index (χ4n) is 0.824. The average molecular weight is 166 g/mol. The SMILES string of the molecule is COc1cnccc1/C(N)=N/N. The van der Waals surface area contributed by atoms with Gasteiger partial charge in [0.1, 0.15) is 5.75 Å². The molecule has 0 saturated carbocycles. The Morgan fingerprint density at radius 2 is 2.42 bits per heavy atom. The van der Waals surface area contributed by atoms with Crippen molar-refractivity contribution in [1.82, 2.24) is 4.98 Å².